The molecule has 0 aliphatic carbocycles. The summed E-state index contributed by atoms with van der Waals surface area (Å²) in [5.41, 5.74) is 0.685. The van der Waals surface area contributed by atoms with Crippen LogP contribution in [-0.2, 0) is 11.3 Å². The monoisotopic (exact) mass is 395 g/mol. The van der Waals surface area contributed by atoms with Gasteiger partial charge in [0.15, 0.2) is 8.29 Å². The van der Waals surface area contributed by atoms with Crippen molar-refractivity contribution in [2.75, 3.05) is 0 Å². The van der Waals surface area contributed by atoms with Gasteiger partial charge in [-0.25, -0.2) is 9.07 Å². The number of hydrogen-bond acceptors (Lipinski definition) is 6. The minimum Gasteiger partial charge on any atom is -0.467 e. The molecule has 3 aromatic rings. The summed E-state index contributed by atoms with van der Waals surface area (Å²) < 4.78 is 21.0. The Morgan fingerprint density at radius 3 is 2.88 bits per heavy atom. The summed E-state index contributed by atoms with van der Waals surface area (Å²) in [7, 11) is 0. The number of nitrogens with zero attached hydrogens (tertiary/aromatic N) is 2. The Labute approximate surface area is 156 Å². The summed E-state index contributed by atoms with van der Waals surface area (Å²) in [5.74, 6) is 0.264. The van der Waals surface area contributed by atoms with E-state index in [4.69, 9.17) is 16.6 Å². The maximum atomic E-state index is 13.0. The van der Waals surface area contributed by atoms with Gasteiger partial charge >= 0.3 is 0 Å². The fourth-order valence-corrected chi connectivity index (χ4v) is 4.52. The van der Waals surface area contributed by atoms with E-state index in [1.165, 1.54) is 35.2 Å². The van der Waals surface area contributed by atoms with Crippen LogP contribution < -0.4 is 5.32 Å². The van der Waals surface area contributed by atoms with Gasteiger partial charge in [-0.2, -0.15) is 0 Å². The van der Waals surface area contributed by atoms with E-state index >= 15 is 0 Å². The molecule has 9 heteroatoms. The highest BCUT2D eigenvalue weighted by atomic mass is 32.2. The quantitative estimate of drug-likeness (QED) is 0.501. The molecule has 0 saturated heterocycles. The number of carbonyl (C=O) groups is 1. The third-order valence-corrected chi connectivity index (χ3v) is 5.68. The molecule has 2 heterocycles. The average Bonchev–Trinajstić information content (AvgIpc) is 3.23. The van der Waals surface area contributed by atoms with Crippen LogP contribution in [0, 0.1) is 9.77 Å². The van der Waals surface area contributed by atoms with Crippen molar-refractivity contribution in [2.24, 2.45) is 0 Å². The zero-order valence-electron chi connectivity index (χ0n) is 13.1. The smallest absolute Gasteiger partial charge is 0.233 e. The highest BCUT2D eigenvalue weighted by Crippen LogP contribution is 2.27. The topological polar surface area (TPSA) is 60.1 Å². The highest BCUT2D eigenvalue weighted by Gasteiger charge is 2.17. The summed E-state index contributed by atoms with van der Waals surface area (Å²) in [6.45, 7) is 2.14. The van der Waals surface area contributed by atoms with Crippen LogP contribution in [0.4, 0.5) is 4.39 Å². The Kier molecular flexibility index (Phi) is 5.67. The predicted octanol–water partition coefficient (Wildman–Crippen LogP) is 4.19. The lowest BCUT2D eigenvalue weighted by molar-refractivity contribution is -0.120. The van der Waals surface area contributed by atoms with Gasteiger partial charge in [0.1, 0.15) is 11.6 Å². The van der Waals surface area contributed by atoms with Crippen LogP contribution in [0.5, 0.6) is 0 Å². The van der Waals surface area contributed by atoms with Crippen molar-refractivity contribution in [1.82, 2.24) is 15.1 Å². The first-order valence-electron chi connectivity index (χ1n) is 7.36. The van der Waals surface area contributed by atoms with E-state index in [0.29, 0.717) is 26.3 Å². The maximum absolute atomic E-state index is 13.0. The lowest BCUT2D eigenvalue weighted by Gasteiger charge is -2.09. The van der Waals surface area contributed by atoms with Crippen molar-refractivity contribution < 1.29 is 13.6 Å². The number of furan rings is 1. The van der Waals surface area contributed by atoms with Crippen LogP contribution in [0.15, 0.2) is 51.4 Å². The Bertz CT molecular complexity index is 904. The first kappa shape index (κ1) is 17.8. The van der Waals surface area contributed by atoms with Crippen LogP contribution in [0.3, 0.4) is 0 Å². The number of benzene rings is 1. The van der Waals surface area contributed by atoms with Crippen LogP contribution >= 0.6 is 35.3 Å². The Hall–Kier alpha value is -1.97. The number of rotatable bonds is 6. The van der Waals surface area contributed by atoms with E-state index in [1.807, 2.05) is 0 Å². The molecule has 0 aliphatic heterocycles. The summed E-state index contributed by atoms with van der Waals surface area (Å²) in [4.78, 5) is 12.2. The highest BCUT2D eigenvalue weighted by molar-refractivity contribution is 8.02. The molecule has 1 aromatic carbocycles. The second kappa shape index (κ2) is 7.94. The molecule has 0 radical (unpaired) electrons. The molecule has 1 N–H and O–H groups in total. The Morgan fingerprint density at radius 2 is 2.20 bits per heavy atom. The van der Waals surface area contributed by atoms with Crippen molar-refractivity contribution in [3.8, 4) is 5.69 Å². The molecule has 0 fully saturated rings. The Balaban J connectivity index is 1.64. The van der Waals surface area contributed by atoms with Gasteiger partial charge < -0.3 is 9.73 Å². The van der Waals surface area contributed by atoms with Crippen molar-refractivity contribution in [1.29, 1.82) is 0 Å². The number of hydrogen-bond donors (Lipinski definition) is 1. The third kappa shape index (κ3) is 4.56. The van der Waals surface area contributed by atoms with Crippen LogP contribution in [-0.4, -0.2) is 20.9 Å². The molecular formula is C16H14FN3O2S3. The van der Waals surface area contributed by atoms with Crippen molar-refractivity contribution >= 4 is 41.2 Å². The first-order valence-corrected chi connectivity index (χ1v) is 9.46. The van der Waals surface area contributed by atoms with Crippen molar-refractivity contribution in [3.05, 3.63) is 58.2 Å². The standard InChI is InChI=1S/C16H14FN3O2S3/c1-10(14(21)18-9-13-3-2-8-22-13)24-15-19-20(16(23)25-15)12-6-4-11(17)5-7-12/h2-8,10H,9H2,1H3,(H,18,21)/t10-/m0/s1. The van der Waals surface area contributed by atoms with Gasteiger partial charge in [0.25, 0.3) is 0 Å². The fraction of sp³-hybridized carbons (Fsp3) is 0.188. The summed E-state index contributed by atoms with van der Waals surface area (Å²) in [6.07, 6.45) is 1.56. The Morgan fingerprint density at radius 1 is 1.44 bits per heavy atom. The lowest BCUT2D eigenvalue weighted by atomic mass is 10.3. The van der Waals surface area contributed by atoms with E-state index in [1.54, 1.807) is 42.1 Å². The number of halogens is 1. The summed E-state index contributed by atoms with van der Waals surface area (Å²) >= 11 is 7.95. The number of aromatic nitrogens is 2. The van der Waals surface area contributed by atoms with E-state index in [9.17, 15) is 9.18 Å². The van der Waals surface area contributed by atoms with Crippen LogP contribution in [0.1, 0.15) is 12.7 Å². The largest absolute Gasteiger partial charge is 0.467 e. The van der Waals surface area contributed by atoms with Gasteiger partial charge in [-0.1, -0.05) is 23.1 Å². The van der Waals surface area contributed by atoms with E-state index in [0.717, 1.165) is 0 Å². The van der Waals surface area contributed by atoms with Gasteiger partial charge in [-0.05, 0) is 55.5 Å². The molecule has 2 aromatic heterocycles. The molecule has 5 nitrogen and oxygen atoms in total. The molecule has 0 aliphatic rings. The predicted molar refractivity (Wildman–Crippen MR) is 98.1 cm³/mol. The van der Waals surface area contributed by atoms with Crippen molar-refractivity contribution in [3.63, 3.8) is 0 Å². The summed E-state index contributed by atoms with van der Waals surface area (Å²) in [6, 6.07) is 9.50. The molecule has 0 spiro atoms. The number of thioether (sulfide) groups is 1. The second-order valence-electron chi connectivity index (χ2n) is 5.08. The fourth-order valence-electron chi connectivity index (χ4n) is 1.99. The van der Waals surface area contributed by atoms with Gasteiger partial charge in [0, 0.05) is 0 Å². The minimum absolute atomic E-state index is 0.115. The van der Waals surface area contributed by atoms with E-state index in [2.05, 4.69) is 10.4 Å². The van der Waals surface area contributed by atoms with Gasteiger partial charge in [-0.15, -0.1) is 5.10 Å². The second-order valence-corrected chi connectivity index (χ2v) is 8.29. The summed E-state index contributed by atoms with van der Waals surface area (Å²) in [5, 5.41) is 6.89. The molecule has 1 atom stereocenters. The molecular weight excluding hydrogens is 381 g/mol. The van der Waals surface area contributed by atoms with Gasteiger partial charge in [0.2, 0.25) is 5.91 Å². The molecule has 130 valence electrons. The average molecular weight is 396 g/mol. The normalized spacial score (nSPS) is 12.1. The maximum Gasteiger partial charge on any atom is 0.233 e. The number of carbonyl (C=O) groups excluding carboxylic acids is 1. The number of amides is 1. The minimum atomic E-state index is -0.336. The van der Waals surface area contributed by atoms with E-state index in [-0.39, 0.29) is 17.0 Å². The molecule has 3 rings (SSSR count). The number of nitrogens with one attached hydrogen (secondary N) is 1. The SMILES string of the molecule is C[C@H](Sc1nn(-c2ccc(F)cc2)c(=S)s1)C(=O)NCc1ccco1. The molecule has 0 saturated carbocycles. The van der Waals surface area contributed by atoms with Crippen LogP contribution in [0.2, 0.25) is 0 Å². The van der Waals surface area contributed by atoms with E-state index < -0.39 is 0 Å². The van der Waals surface area contributed by atoms with Crippen molar-refractivity contribution in [2.45, 2.75) is 23.1 Å². The van der Waals surface area contributed by atoms with Gasteiger partial charge in [0.05, 0.1) is 23.7 Å². The lowest BCUT2D eigenvalue weighted by Crippen LogP contribution is -2.30. The molecule has 25 heavy (non-hydrogen) atoms. The first-order chi connectivity index (χ1) is 12.0. The zero-order chi connectivity index (χ0) is 17.8. The molecule has 1 amide bonds. The van der Waals surface area contributed by atoms with Gasteiger partial charge in [-0.3, -0.25) is 4.79 Å². The molecule has 0 bridgehead atoms. The zero-order valence-corrected chi connectivity index (χ0v) is 15.6. The third-order valence-electron chi connectivity index (χ3n) is 3.26. The molecule has 0 unspecified atom stereocenters. The van der Waals surface area contributed by atoms with Crippen LogP contribution in [0.25, 0.3) is 5.69 Å².